The van der Waals surface area contributed by atoms with E-state index in [-0.39, 0.29) is 0 Å². The fourth-order valence-electron chi connectivity index (χ4n) is 1.58. The van der Waals surface area contributed by atoms with Gasteiger partial charge in [0, 0.05) is 23.3 Å². The van der Waals surface area contributed by atoms with Crippen LogP contribution in [0.5, 0.6) is 0 Å². The van der Waals surface area contributed by atoms with Crippen LogP contribution in [0.2, 0.25) is 5.02 Å². The fraction of sp³-hybridized carbons (Fsp3) is 0.154. The van der Waals surface area contributed by atoms with E-state index in [1.807, 2.05) is 6.07 Å². The molecule has 76 valence electrons. The Kier molecular flexibility index (Phi) is 3.02. The molecule has 0 bridgehead atoms. The second-order valence-electron chi connectivity index (χ2n) is 3.63. The highest BCUT2D eigenvalue weighted by Gasteiger charge is 1.98. The van der Waals surface area contributed by atoms with Gasteiger partial charge in [-0.05, 0) is 24.6 Å². The maximum Gasteiger partial charge on any atom is 0.0462 e. The van der Waals surface area contributed by atoms with Gasteiger partial charge in [0.05, 0.1) is 0 Å². The Bertz CT molecular complexity index is 422. The number of pyridine rings is 1. The van der Waals surface area contributed by atoms with Crippen LogP contribution in [0.4, 0.5) is 0 Å². The van der Waals surface area contributed by atoms with Crippen molar-refractivity contribution in [2.75, 3.05) is 0 Å². The number of aromatic nitrogens is 1. The minimum atomic E-state index is 0.743. The summed E-state index contributed by atoms with van der Waals surface area (Å²) in [6, 6.07) is 12.1. The van der Waals surface area contributed by atoms with Crippen LogP contribution in [0.1, 0.15) is 16.8 Å². The molecule has 0 aliphatic rings. The van der Waals surface area contributed by atoms with Gasteiger partial charge in [0.2, 0.25) is 0 Å². The van der Waals surface area contributed by atoms with E-state index in [0.717, 1.165) is 17.1 Å². The lowest BCUT2D eigenvalue weighted by Crippen LogP contribution is -1.91. The van der Waals surface area contributed by atoms with E-state index in [9.17, 15) is 0 Å². The summed E-state index contributed by atoms with van der Waals surface area (Å²) < 4.78 is 0. The molecule has 2 aromatic rings. The molecule has 15 heavy (non-hydrogen) atoms. The summed E-state index contributed by atoms with van der Waals surface area (Å²) in [5, 5.41) is 0.743. The lowest BCUT2D eigenvalue weighted by Gasteiger charge is -2.02. The average molecular weight is 218 g/mol. The van der Waals surface area contributed by atoms with E-state index < -0.39 is 0 Å². The second-order valence-corrected chi connectivity index (χ2v) is 4.07. The third kappa shape index (κ3) is 2.80. The molecule has 0 N–H and O–H groups in total. The molecule has 0 aliphatic carbocycles. The van der Waals surface area contributed by atoms with Gasteiger partial charge >= 0.3 is 0 Å². The van der Waals surface area contributed by atoms with E-state index in [2.05, 4.69) is 36.2 Å². The van der Waals surface area contributed by atoms with Crippen LogP contribution in [0.3, 0.4) is 0 Å². The van der Waals surface area contributed by atoms with Gasteiger partial charge in [0.15, 0.2) is 0 Å². The number of rotatable bonds is 2. The van der Waals surface area contributed by atoms with Crippen molar-refractivity contribution >= 4 is 11.6 Å². The van der Waals surface area contributed by atoms with Crippen LogP contribution in [0.25, 0.3) is 0 Å². The molecule has 0 aliphatic heterocycles. The molecule has 2 heteroatoms. The number of hydrogen-bond acceptors (Lipinski definition) is 1. The van der Waals surface area contributed by atoms with Crippen molar-refractivity contribution in [3.05, 3.63) is 64.4 Å². The summed E-state index contributed by atoms with van der Waals surface area (Å²) in [5.74, 6) is 0. The van der Waals surface area contributed by atoms with Gasteiger partial charge in [-0.1, -0.05) is 41.4 Å². The lowest BCUT2D eigenvalue weighted by molar-refractivity contribution is 1.07. The van der Waals surface area contributed by atoms with Crippen LogP contribution < -0.4 is 0 Å². The first-order valence-electron chi connectivity index (χ1n) is 4.90. The molecule has 0 spiro atoms. The molecule has 0 unspecified atom stereocenters. The van der Waals surface area contributed by atoms with Gasteiger partial charge in [-0.2, -0.15) is 0 Å². The summed E-state index contributed by atoms with van der Waals surface area (Å²) in [7, 11) is 0. The van der Waals surface area contributed by atoms with Crippen LogP contribution in [-0.2, 0) is 6.42 Å². The third-order valence-electron chi connectivity index (χ3n) is 2.25. The molecule has 2 rings (SSSR count). The Morgan fingerprint density at radius 2 is 2.07 bits per heavy atom. The van der Waals surface area contributed by atoms with Crippen molar-refractivity contribution in [2.24, 2.45) is 0 Å². The summed E-state index contributed by atoms with van der Waals surface area (Å²) in [4.78, 5) is 4.28. The lowest BCUT2D eigenvalue weighted by atomic mass is 10.1. The highest BCUT2D eigenvalue weighted by atomic mass is 35.5. The molecule has 1 heterocycles. The molecule has 1 aromatic heterocycles. The summed E-state index contributed by atoms with van der Waals surface area (Å²) >= 11 is 5.90. The molecular formula is C13H12ClN. The van der Waals surface area contributed by atoms with Crippen LogP contribution in [-0.4, -0.2) is 4.98 Å². The predicted molar refractivity (Wildman–Crippen MR) is 63.2 cm³/mol. The van der Waals surface area contributed by atoms with E-state index in [1.165, 1.54) is 11.1 Å². The van der Waals surface area contributed by atoms with E-state index in [4.69, 9.17) is 11.6 Å². The van der Waals surface area contributed by atoms with Crippen LogP contribution in [0.15, 0.2) is 42.6 Å². The number of hydrogen-bond donors (Lipinski definition) is 0. The molecule has 0 atom stereocenters. The van der Waals surface area contributed by atoms with Crippen molar-refractivity contribution in [2.45, 2.75) is 13.3 Å². The molecule has 0 fully saturated rings. The molecule has 1 nitrogen and oxygen atoms in total. The highest BCUT2D eigenvalue weighted by Crippen LogP contribution is 2.13. The SMILES string of the molecule is Cc1cccc(Cc2cc(Cl)ccn2)c1. The summed E-state index contributed by atoms with van der Waals surface area (Å²) in [6.07, 6.45) is 2.58. The van der Waals surface area contributed by atoms with Crippen molar-refractivity contribution in [3.8, 4) is 0 Å². The Hall–Kier alpha value is -1.34. The monoisotopic (exact) mass is 217 g/mol. The Morgan fingerprint density at radius 3 is 2.80 bits per heavy atom. The second kappa shape index (κ2) is 4.45. The normalized spacial score (nSPS) is 10.3. The van der Waals surface area contributed by atoms with E-state index in [0.29, 0.717) is 0 Å². The number of halogens is 1. The number of benzene rings is 1. The Morgan fingerprint density at radius 1 is 1.20 bits per heavy atom. The van der Waals surface area contributed by atoms with Crippen molar-refractivity contribution in [1.82, 2.24) is 4.98 Å². The highest BCUT2D eigenvalue weighted by molar-refractivity contribution is 6.30. The van der Waals surface area contributed by atoms with Crippen molar-refractivity contribution in [1.29, 1.82) is 0 Å². The third-order valence-corrected chi connectivity index (χ3v) is 2.48. The van der Waals surface area contributed by atoms with Gasteiger partial charge in [-0.15, -0.1) is 0 Å². The van der Waals surface area contributed by atoms with Crippen LogP contribution >= 0.6 is 11.6 Å². The number of nitrogens with zero attached hydrogens (tertiary/aromatic N) is 1. The zero-order valence-electron chi connectivity index (χ0n) is 8.57. The van der Waals surface area contributed by atoms with E-state index >= 15 is 0 Å². The average Bonchev–Trinajstić information content (AvgIpc) is 2.17. The first-order chi connectivity index (χ1) is 7.24. The molecule has 0 amide bonds. The topological polar surface area (TPSA) is 12.9 Å². The quantitative estimate of drug-likeness (QED) is 0.749. The van der Waals surface area contributed by atoms with Gasteiger partial charge < -0.3 is 0 Å². The standard InChI is InChI=1S/C13H12ClN/c1-10-3-2-4-11(7-10)8-13-9-12(14)5-6-15-13/h2-7,9H,8H2,1H3. The zero-order valence-corrected chi connectivity index (χ0v) is 9.33. The van der Waals surface area contributed by atoms with Crippen molar-refractivity contribution < 1.29 is 0 Å². The molecule has 1 aromatic carbocycles. The van der Waals surface area contributed by atoms with E-state index in [1.54, 1.807) is 12.3 Å². The van der Waals surface area contributed by atoms with Gasteiger partial charge in [-0.3, -0.25) is 4.98 Å². The minimum Gasteiger partial charge on any atom is -0.261 e. The van der Waals surface area contributed by atoms with Crippen LogP contribution in [0, 0.1) is 6.92 Å². The zero-order chi connectivity index (χ0) is 10.7. The summed E-state index contributed by atoms with van der Waals surface area (Å²) in [6.45, 7) is 2.09. The predicted octanol–water partition coefficient (Wildman–Crippen LogP) is 3.63. The maximum atomic E-state index is 5.90. The molecule has 0 radical (unpaired) electrons. The molecule has 0 saturated heterocycles. The Labute approximate surface area is 94.7 Å². The van der Waals surface area contributed by atoms with Gasteiger partial charge in [0.1, 0.15) is 0 Å². The number of aryl methyl sites for hydroxylation is 1. The minimum absolute atomic E-state index is 0.743. The Balaban J connectivity index is 2.22. The first kappa shape index (κ1) is 10.2. The molecule has 0 saturated carbocycles. The molecular weight excluding hydrogens is 206 g/mol. The summed E-state index contributed by atoms with van der Waals surface area (Å²) in [5.41, 5.74) is 3.55. The van der Waals surface area contributed by atoms with Gasteiger partial charge in [-0.25, -0.2) is 0 Å². The largest absolute Gasteiger partial charge is 0.261 e. The van der Waals surface area contributed by atoms with Crippen molar-refractivity contribution in [3.63, 3.8) is 0 Å². The maximum absolute atomic E-state index is 5.90. The fourth-order valence-corrected chi connectivity index (χ4v) is 1.76. The van der Waals surface area contributed by atoms with Gasteiger partial charge in [0.25, 0.3) is 0 Å². The first-order valence-corrected chi connectivity index (χ1v) is 5.28. The smallest absolute Gasteiger partial charge is 0.0462 e.